The average Bonchev–Trinajstić information content (AvgIpc) is 2.74. The Morgan fingerprint density at radius 3 is 3.25 bits per heavy atom. The van der Waals surface area contributed by atoms with E-state index in [1.54, 1.807) is 0 Å². The van der Waals surface area contributed by atoms with Gasteiger partial charge in [0.05, 0.1) is 12.2 Å². The first kappa shape index (κ1) is 10.6. The maximum Gasteiger partial charge on any atom is 0.0888 e. The van der Waals surface area contributed by atoms with Crippen LogP contribution in [0.15, 0.2) is 18.2 Å². The monoisotopic (exact) mass is 237 g/mol. The highest BCUT2D eigenvalue weighted by Gasteiger charge is 2.46. The Morgan fingerprint density at radius 1 is 1.56 bits per heavy atom. The van der Waals surface area contributed by atoms with Crippen LogP contribution in [0.5, 0.6) is 0 Å². The van der Waals surface area contributed by atoms with Crippen LogP contribution < -0.4 is 5.32 Å². The Bertz CT molecular complexity index is 420. The molecule has 0 spiro atoms. The molecule has 2 aliphatic rings. The van der Waals surface area contributed by atoms with Gasteiger partial charge >= 0.3 is 0 Å². The molecule has 1 saturated heterocycles. The van der Waals surface area contributed by atoms with Crippen molar-refractivity contribution in [1.82, 2.24) is 5.32 Å². The number of ether oxygens (including phenoxy) is 1. The Hall–Kier alpha value is -0.570. The zero-order chi connectivity index (χ0) is 11.2. The van der Waals surface area contributed by atoms with Crippen LogP contribution in [0.2, 0.25) is 5.02 Å². The predicted molar refractivity (Wildman–Crippen MR) is 64.9 cm³/mol. The first-order chi connectivity index (χ1) is 7.77. The van der Waals surface area contributed by atoms with Gasteiger partial charge in [0, 0.05) is 24.0 Å². The molecule has 0 unspecified atom stereocenters. The van der Waals surface area contributed by atoms with Crippen LogP contribution >= 0.6 is 11.6 Å². The number of fused-ring (bicyclic) bond motifs is 3. The number of rotatable bonds is 1. The number of benzene rings is 1. The average molecular weight is 238 g/mol. The molecule has 1 N–H and O–H groups in total. The van der Waals surface area contributed by atoms with Crippen molar-refractivity contribution in [1.29, 1.82) is 0 Å². The predicted octanol–water partition coefficient (Wildman–Crippen LogP) is 2.71. The number of nitrogens with one attached hydrogen (secondary N) is 1. The molecular weight excluding hydrogens is 222 g/mol. The summed E-state index contributed by atoms with van der Waals surface area (Å²) in [6.45, 7) is 4.82. The Labute approximate surface area is 101 Å². The highest BCUT2D eigenvalue weighted by Crippen LogP contribution is 2.44. The van der Waals surface area contributed by atoms with Crippen molar-refractivity contribution in [2.24, 2.45) is 0 Å². The third-order valence-electron chi connectivity index (χ3n) is 4.04. The minimum Gasteiger partial charge on any atom is -0.368 e. The second kappa shape index (κ2) is 3.73. The maximum atomic E-state index is 6.22. The second-order valence-corrected chi connectivity index (χ2v) is 5.11. The van der Waals surface area contributed by atoms with Gasteiger partial charge < -0.3 is 10.1 Å². The van der Waals surface area contributed by atoms with Crippen molar-refractivity contribution >= 4 is 11.6 Å². The van der Waals surface area contributed by atoms with Crippen molar-refractivity contribution in [3.8, 4) is 0 Å². The lowest BCUT2D eigenvalue weighted by atomic mass is 9.79. The Balaban J connectivity index is 2.10. The quantitative estimate of drug-likeness (QED) is 0.811. The molecule has 0 aromatic heterocycles. The van der Waals surface area contributed by atoms with E-state index in [-0.39, 0.29) is 5.60 Å². The van der Waals surface area contributed by atoms with Crippen molar-refractivity contribution in [3.63, 3.8) is 0 Å². The van der Waals surface area contributed by atoms with Gasteiger partial charge in [-0.3, -0.25) is 0 Å². The fourth-order valence-corrected chi connectivity index (χ4v) is 3.26. The minimum atomic E-state index is -0.00230. The van der Waals surface area contributed by atoms with Gasteiger partial charge in [0.15, 0.2) is 0 Å². The Kier molecular flexibility index (Phi) is 2.46. The lowest BCUT2D eigenvalue weighted by molar-refractivity contribution is -0.0678. The molecule has 0 radical (unpaired) electrons. The molecule has 1 aromatic rings. The van der Waals surface area contributed by atoms with Gasteiger partial charge in [-0.25, -0.2) is 0 Å². The van der Waals surface area contributed by atoms with Gasteiger partial charge in [0.1, 0.15) is 0 Å². The summed E-state index contributed by atoms with van der Waals surface area (Å²) in [7, 11) is 0. The van der Waals surface area contributed by atoms with E-state index in [9.17, 15) is 0 Å². The molecule has 0 amide bonds. The van der Waals surface area contributed by atoms with E-state index in [0.29, 0.717) is 12.5 Å². The minimum absolute atomic E-state index is 0.00230. The molecule has 2 atom stereocenters. The summed E-state index contributed by atoms with van der Waals surface area (Å²) in [6, 6.07) is 6.20. The van der Waals surface area contributed by atoms with Crippen LogP contribution in [0.25, 0.3) is 0 Å². The highest BCUT2D eigenvalue weighted by molar-refractivity contribution is 6.31. The second-order valence-electron chi connectivity index (χ2n) is 4.70. The first-order valence-electron chi connectivity index (χ1n) is 5.89. The van der Waals surface area contributed by atoms with E-state index < -0.39 is 0 Å². The fourth-order valence-electron chi connectivity index (χ4n) is 3.03. The molecule has 86 valence electrons. The van der Waals surface area contributed by atoms with E-state index in [1.807, 2.05) is 12.1 Å². The standard InChI is InChI=1S/C13H16ClNO/c1-2-13-8-15-6-11(13)9-4-3-5-12(14)10(9)7-16-13/h3-5,11,15H,2,6-8H2,1H3/t11-,13-/m1/s1. The molecule has 1 fully saturated rings. The number of halogens is 1. The van der Waals surface area contributed by atoms with Crippen LogP contribution in [0, 0.1) is 0 Å². The van der Waals surface area contributed by atoms with Gasteiger partial charge in [-0.05, 0) is 23.6 Å². The molecular formula is C13H16ClNO. The van der Waals surface area contributed by atoms with Crippen LogP contribution in [0.3, 0.4) is 0 Å². The topological polar surface area (TPSA) is 21.3 Å². The van der Waals surface area contributed by atoms with E-state index in [4.69, 9.17) is 16.3 Å². The summed E-state index contributed by atoms with van der Waals surface area (Å²) in [5.74, 6) is 0.458. The summed E-state index contributed by atoms with van der Waals surface area (Å²) >= 11 is 6.22. The number of hydrogen-bond acceptors (Lipinski definition) is 2. The smallest absolute Gasteiger partial charge is 0.0888 e. The summed E-state index contributed by atoms with van der Waals surface area (Å²) in [5.41, 5.74) is 2.56. The van der Waals surface area contributed by atoms with Crippen LogP contribution in [-0.4, -0.2) is 18.7 Å². The molecule has 2 heterocycles. The van der Waals surface area contributed by atoms with Gasteiger partial charge in [-0.2, -0.15) is 0 Å². The highest BCUT2D eigenvalue weighted by atomic mass is 35.5. The van der Waals surface area contributed by atoms with E-state index >= 15 is 0 Å². The summed E-state index contributed by atoms with van der Waals surface area (Å²) in [5, 5.41) is 4.29. The molecule has 2 nitrogen and oxygen atoms in total. The van der Waals surface area contributed by atoms with Crippen molar-refractivity contribution < 1.29 is 4.74 Å². The van der Waals surface area contributed by atoms with E-state index in [1.165, 1.54) is 11.1 Å². The van der Waals surface area contributed by atoms with Crippen LogP contribution in [0.4, 0.5) is 0 Å². The third-order valence-corrected chi connectivity index (χ3v) is 4.39. The third kappa shape index (κ3) is 1.33. The number of hydrogen-bond donors (Lipinski definition) is 1. The zero-order valence-electron chi connectivity index (χ0n) is 9.42. The van der Waals surface area contributed by atoms with Crippen LogP contribution in [-0.2, 0) is 11.3 Å². The van der Waals surface area contributed by atoms with E-state index in [0.717, 1.165) is 24.5 Å². The maximum absolute atomic E-state index is 6.22. The molecule has 0 aliphatic carbocycles. The first-order valence-corrected chi connectivity index (χ1v) is 6.26. The van der Waals surface area contributed by atoms with Crippen molar-refractivity contribution in [2.45, 2.75) is 31.5 Å². The van der Waals surface area contributed by atoms with Crippen LogP contribution in [0.1, 0.15) is 30.4 Å². The van der Waals surface area contributed by atoms with Gasteiger partial charge in [-0.15, -0.1) is 0 Å². The van der Waals surface area contributed by atoms with Gasteiger partial charge in [-0.1, -0.05) is 30.7 Å². The SMILES string of the molecule is CC[C@@]12CNC[C@@H]1c1cccc(Cl)c1CO2. The van der Waals surface area contributed by atoms with Crippen molar-refractivity contribution in [2.75, 3.05) is 13.1 Å². The zero-order valence-corrected chi connectivity index (χ0v) is 10.2. The molecule has 2 aliphatic heterocycles. The lowest BCUT2D eigenvalue weighted by Gasteiger charge is -2.39. The summed E-state index contributed by atoms with van der Waals surface area (Å²) in [4.78, 5) is 0. The van der Waals surface area contributed by atoms with Gasteiger partial charge in [0.25, 0.3) is 0 Å². The summed E-state index contributed by atoms with van der Waals surface area (Å²) in [6.07, 6.45) is 1.05. The molecule has 16 heavy (non-hydrogen) atoms. The molecule has 0 saturated carbocycles. The normalized spacial score (nSPS) is 32.2. The lowest BCUT2D eigenvalue weighted by Crippen LogP contribution is -2.42. The molecule has 0 bridgehead atoms. The van der Waals surface area contributed by atoms with E-state index in [2.05, 4.69) is 18.3 Å². The molecule has 3 heteroatoms. The molecule has 3 rings (SSSR count). The summed E-state index contributed by atoms with van der Waals surface area (Å²) < 4.78 is 6.10. The Morgan fingerprint density at radius 2 is 2.44 bits per heavy atom. The fraction of sp³-hybridized carbons (Fsp3) is 0.538. The van der Waals surface area contributed by atoms with Gasteiger partial charge in [0.2, 0.25) is 0 Å². The van der Waals surface area contributed by atoms with Crippen molar-refractivity contribution in [3.05, 3.63) is 34.3 Å². The molecule has 1 aromatic carbocycles. The largest absolute Gasteiger partial charge is 0.368 e.